The van der Waals surface area contributed by atoms with E-state index in [4.69, 9.17) is 10.5 Å². The highest BCUT2D eigenvalue weighted by molar-refractivity contribution is 5.06. The lowest BCUT2D eigenvalue weighted by Gasteiger charge is -2.23. The Labute approximate surface area is 90.7 Å². The fourth-order valence-corrected chi connectivity index (χ4v) is 2.08. The normalized spacial score (nSPS) is 19.3. The van der Waals surface area contributed by atoms with Crippen molar-refractivity contribution in [1.29, 1.82) is 0 Å². The van der Waals surface area contributed by atoms with E-state index in [2.05, 4.69) is 4.98 Å². The molecule has 0 atom stereocenters. The third-order valence-electron chi connectivity index (χ3n) is 2.98. The number of nitrogens with two attached hydrogens (primary N) is 1. The van der Waals surface area contributed by atoms with Gasteiger partial charge in [0.15, 0.2) is 0 Å². The average molecular weight is 206 g/mol. The fourth-order valence-electron chi connectivity index (χ4n) is 2.08. The molecule has 1 saturated carbocycles. The first-order valence-corrected chi connectivity index (χ1v) is 5.54. The van der Waals surface area contributed by atoms with Crippen LogP contribution in [0.25, 0.3) is 0 Å². The molecule has 0 saturated heterocycles. The first-order chi connectivity index (χ1) is 7.29. The highest BCUT2D eigenvalue weighted by Crippen LogP contribution is 2.27. The summed E-state index contributed by atoms with van der Waals surface area (Å²) >= 11 is 0. The van der Waals surface area contributed by atoms with Crippen molar-refractivity contribution < 1.29 is 4.74 Å². The minimum atomic E-state index is -0.0673. The molecule has 1 heterocycles. The molecule has 1 aromatic heterocycles. The van der Waals surface area contributed by atoms with Gasteiger partial charge in [0.2, 0.25) is 0 Å². The van der Waals surface area contributed by atoms with Gasteiger partial charge in [0, 0.05) is 17.9 Å². The largest absolute Gasteiger partial charge is 0.375 e. The number of rotatable bonds is 4. The Kier molecular flexibility index (Phi) is 3.34. The van der Waals surface area contributed by atoms with Gasteiger partial charge in [-0.25, -0.2) is 0 Å². The van der Waals surface area contributed by atoms with Gasteiger partial charge in [-0.1, -0.05) is 18.9 Å². The maximum Gasteiger partial charge on any atom is 0.0732 e. The van der Waals surface area contributed by atoms with Gasteiger partial charge >= 0.3 is 0 Å². The van der Waals surface area contributed by atoms with Crippen LogP contribution in [0.3, 0.4) is 0 Å². The summed E-state index contributed by atoms with van der Waals surface area (Å²) in [7, 11) is 0. The van der Waals surface area contributed by atoms with Crippen LogP contribution in [0.2, 0.25) is 0 Å². The van der Waals surface area contributed by atoms with Crippen LogP contribution < -0.4 is 5.73 Å². The maximum atomic E-state index is 6.18. The monoisotopic (exact) mass is 206 g/mol. The van der Waals surface area contributed by atoms with Crippen LogP contribution in [-0.4, -0.2) is 17.1 Å². The number of aromatic nitrogens is 1. The summed E-state index contributed by atoms with van der Waals surface area (Å²) in [4.78, 5) is 4.04. The van der Waals surface area contributed by atoms with Crippen molar-refractivity contribution in [2.24, 2.45) is 5.73 Å². The van der Waals surface area contributed by atoms with E-state index in [1.54, 1.807) is 6.20 Å². The lowest BCUT2D eigenvalue weighted by Crippen LogP contribution is -2.41. The molecule has 2 rings (SSSR count). The Bertz CT molecular complexity index is 294. The van der Waals surface area contributed by atoms with Crippen LogP contribution in [0.1, 0.15) is 31.2 Å². The van der Waals surface area contributed by atoms with E-state index in [1.807, 2.05) is 18.3 Å². The number of hydrogen-bond donors (Lipinski definition) is 1. The second-order valence-electron chi connectivity index (χ2n) is 4.42. The molecule has 0 radical (unpaired) electrons. The molecular weight excluding hydrogens is 188 g/mol. The Balaban J connectivity index is 1.75. The first kappa shape index (κ1) is 10.6. The smallest absolute Gasteiger partial charge is 0.0732 e. The highest BCUT2D eigenvalue weighted by Gasteiger charge is 2.29. The van der Waals surface area contributed by atoms with Crippen LogP contribution in [0, 0.1) is 0 Å². The van der Waals surface area contributed by atoms with Crippen molar-refractivity contribution in [2.75, 3.05) is 6.61 Å². The molecule has 82 valence electrons. The molecule has 2 N–H and O–H groups in total. The van der Waals surface area contributed by atoms with Crippen molar-refractivity contribution in [1.82, 2.24) is 4.98 Å². The van der Waals surface area contributed by atoms with Crippen LogP contribution >= 0.6 is 0 Å². The SMILES string of the molecule is NC1(COCc2cccnc2)CCCC1. The standard InChI is InChI=1S/C12H18N2O/c13-12(5-1-2-6-12)10-15-9-11-4-3-7-14-8-11/h3-4,7-8H,1-2,5-6,9-10,13H2. The predicted molar refractivity (Wildman–Crippen MR) is 59.3 cm³/mol. The van der Waals surface area contributed by atoms with Crippen LogP contribution in [-0.2, 0) is 11.3 Å². The molecule has 1 aliphatic rings. The van der Waals surface area contributed by atoms with E-state index in [0.29, 0.717) is 13.2 Å². The number of ether oxygens (including phenoxy) is 1. The van der Waals surface area contributed by atoms with Gasteiger partial charge in [0.05, 0.1) is 13.2 Å². The molecular formula is C12H18N2O. The van der Waals surface area contributed by atoms with E-state index in [9.17, 15) is 0 Å². The summed E-state index contributed by atoms with van der Waals surface area (Å²) in [6.45, 7) is 1.29. The number of pyridine rings is 1. The summed E-state index contributed by atoms with van der Waals surface area (Å²) < 4.78 is 5.64. The predicted octanol–water partition coefficient (Wildman–Crippen LogP) is 1.87. The van der Waals surface area contributed by atoms with Gasteiger partial charge in [-0.05, 0) is 24.5 Å². The molecule has 15 heavy (non-hydrogen) atoms. The third kappa shape index (κ3) is 3.01. The number of nitrogens with zero attached hydrogens (tertiary/aromatic N) is 1. The van der Waals surface area contributed by atoms with Crippen molar-refractivity contribution in [2.45, 2.75) is 37.8 Å². The zero-order chi connectivity index (χ0) is 10.6. The topological polar surface area (TPSA) is 48.1 Å². The molecule has 1 aromatic rings. The van der Waals surface area contributed by atoms with Gasteiger partial charge in [-0.15, -0.1) is 0 Å². The van der Waals surface area contributed by atoms with E-state index < -0.39 is 0 Å². The van der Waals surface area contributed by atoms with Gasteiger partial charge in [0.25, 0.3) is 0 Å². The molecule has 0 spiro atoms. The summed E-state index contributed by atoms with van der Waals surface area (Å²) in [5.41, 5.74) is 7.23. The van der Waals surface area contributed by atoms with Crippen LogP contribution in [0.5, 0.6) is 0 Å². The second kappa shape index (κ2) is 4.73. The molecule has 0 aromatic carbocycles. The van der Waals surface area contributed by atoms with E-state index in [1.165, 1.54) is 12.8 Å². The molecule has 3 heteroatoms. The Morgan fingerprint density at radius 2 is 2.20 bits per heavy atom. The van der Waals surface area contributed by atoms with Gasteiger partial charge in [-0.2, -0.15) is 0 Å². The Morgan fingerprint density at radius 1 is 1.40 bits per heavy atom. The van der Waals surface area contributed by atoms with Crippen molar-refractivity contribution in [3.05, 3.63) is 30.1 Å². The summed E-state index contributed by atoms with van der Waals surface area (Å²) in [5.74, 6) is 0. The average Bonchev–Trinajstić information content (AvgIpc) is 2.67. The molecule has 0 unspecified atom stereocenters. The van der Waals surface area contributed by atoms with E-state index >= 15 is 0 Å². The van der Waals surface area contributed by atoms with Gasteiger partial charge in [0.1, 0.15) is 0 Å². The van der Waals surface area contributed by atoms with E-state index in [0.717, 1.165) is 18.4 Å². The van der Waals surface area contributed by atoms with Crippen molar-refractivity contribution >= 4 is 0 Å². The van der Waals surface area contributed by atoms with Crippen LogP contribution in [0.4, 0.5) is 0 Å². The third-order valence-corrected chi connectivity index (χ3v) is 2.98. The Hall–Kier alpha value is -0.930. The van der Waals surface area contributed by atoms with Gasteiger partial charge in [-0.3, -0.25) is 4.98 Å². The summed E-state index contributed by atoms with van der Waals surface area (Å²) in [5, 5.41) is 0. The summed E-state index contributed by atoms with van der Waals surface area (Å²) in [6.07, 6.45) is 8.28. The maximum absolute atomic E-state index is 6.18. The van der Waals surface area contributed by atoms with Gasteiger partial charge < -0.3 is 10.5 Å². The molecule has 1 fully saturated rings. The van der Waals surface area contributed by atoms with Crippen molar-refractivity contribution in [3.63, 3.8) is 0 Å². The fraction of sp³-hybridized carbons (Fsp3) is 0.583. The van der Waals surface area contributed by atoms with Crippen LogP contribution in [0.15, 0.2) is 24.5 Å². The minimum absolute atomic E-state index is 0.0673. The second-order valence-corrected chi connectivity index (χ2v) is 4.42. The minimum Gasteiger partial charge on any atom is -0.375 e. The summed E-state index contributed by atoms with van der Waals surface area (Å²) in [6, 6.07) is 3.94. The molecule has 1 aliphatic carbocycles. The first-order valence-electron chi connectivity index (χ1n) is 5.54. The molecule has 0 amide bonds. The quantitative estimate of drug-likeness (QED) is 0.818. The zero-order valence-corrected chi connectivity index (χ0v) is 8.98. The molecule has 0 bridgehead atoms. The lowest BCUT2D eigenvalue weighted by molar-refractivity contribution is 0.0749. The highest BCUT2D eigenvalue weighted by atomic mass is 16.5. The molecule has 0 aliphatic heterocycles. The molecule has 3 nitrogen and oxygen atoms in total. The zero-order valence-electron chi connectivity index (χ0n) is 8.98. The van der Waals surface area contributed by atoms with Crippen molar-refractivity contribution in [3.8, 4) is 0 Å². The number of hydrogen-bond acceptors (Lipinski definition) is 3. The Morgan fingerprint density at radius 3 is 2.87 bits per heavy atom. The van der Waals surface area contributed by atoms with E-state index in [-0.39, 0.29) is 5.54 Å². The lowest BCUT2D eigenvalue weighted by atomic mass is 10.0.